The zero-order valence-corrected chi connectivity index (χ0v) is 13.4. The highest BCUT2D eigenvalue weighted by Gasteiger charge is 2.26. The molecule has 0 saturated heterocycles. The van der Waals surface area contributed by atoms with E-state index in [1.165, 1.54) is 18.4 Å². The first-order valence-electron chi connectivity index (χ1n) is 7.98. The fourth-order valence-electron chi connectivity index (χ4n) is 2.38. The molecule has 1 aromatic heterocycles. The van der Waals surface area contributed by atoms with Gasteiger partial charge in [0, 0.05) is 25.3 Å². The van der Waals surface area contributed by atoms with E-state index in [1.54, 1.807) is 0 Å². The van der Waals surface area contributed by atoms with E-state index in [1.807, 2.05) is 6.20 Å². The summed E-state index contributed by atoms with van der Waals surface area (Å²) in [5.41, 5.74) is 1.33. The largest absolute Gasteiger partial charge is 0.354 e. The SMILES string of the molecule is CC(C)CNCc1ccnc(N(CC2CC2)C(C)C)c1. The molecule has 0 radical (unpaired) electrons. The van der Waals surface area contributed by atoms with Crippen LogP contribution in [0.4, 0.5) is 5.82 Å². The Bertz CT molecular complexity index is 410. The lowest BCUT2D eigenvalue weighted by atomic mass is 10.2. The standard InChI is InChI=1S/C17H29N3/c1-13(2)10-18-11-16-7-8-19-17(9-16)20(14(3)4)12-15-5-6-15/h7-9,13-15,18H,5-6,10-12H2,1-4H3. The second-order valence-electron chi connectivity index (χ2n) is 6.74. The van der Waals surface area contributed by atoms with E-state index >= 15 is 0 Å². The van der Waals surface area contributed by atoms with Crippen LogP contribution in [0.25, 0.3) is 0 Å². The van der Waals surface area contributed by atoms with Gasteiger partial charge in [0.1, 0.15) is 5.82 Å². The van der Waals surface area contributed by atoms with Gasteiger partial charge in [-0.15, -0.1) is 0 Å². The molecular formula is C17H29N3. The molecule has 3 nitrogen and oxygen atoms in total. The van der Waals surface area contributed by atoms with Crippen molar-refractivity contribution < 1.29 is 0 Å². The quantitative estimate of drug-likeness (QED) is 0.787. The van der Waals surface area contributed by atoms with Gasteiger partial charge in [-0.1, -0.05) is 13.8 Å². The maximum atomic E-state index is 4.58. The Kier molecular flexibility index (Phi) is 5.41. The summed E-state index contributed by atoms with van der Waals surface area (Å²) in [6.45, 7) is 12.1. The minimum absolute atomic E-state index is 0.516. The van der Waals surface area contributed by atoms with Gasteiger partial charge in [-0.25, -0.2) is 4.98 Å². The van der Waals surface area contributed by atoms with E-state index < -0.39 is 0 Å². The third-order valence-corrected chi connectivity index (χ3v) is 3.76. The molecule has 1 saturated carbocycles. The third kappa shape index (κ3) is 4.78. The van der Waals surface area contributed by atoms with Gasteiger partial charge in [0.25, 0.3) is 0 Å². The molecule has 1 aliphatic carbocycles. The van der Waals surface area contributed by atoms with Crippen LogP contribution < -0.4 is 10.2 Å². The van der Waals surface area contributed by atoms with Crippen LogP contribution >= 0.6 is 0 Å². The first-order valence-corrected chi connectivity index (χ1v) is 7.98. The Morgan fingerprint density at radius 3 is 2.65 bits per heavy atom. The van der Waals surface area contributed by atoms with E-state index in [4.69, 9.17) is 0 Å². The molecule has 1 fully saturated rings. The van der Waals surface area contributed by atoms with Crippen molar-refractivity contribution >= 4 is 5.82 Å². The highest BCUT2D eigenvalue weighted by molar-refractivity contribution is 5.42. The Hall–Kier alpha value is -1.09. The molecule has 0 spiro atoms. The van der Waals surface area contributed by atoms with Gasteiger partial charge in [-0.05, 0) is 62.8 Å². The van der Waals surface area contributed by atoms with Crippen LogP contribution in [0.5, 0.6) is 0 Å². The van der Waals surface area contributed by atoms with Gasteiger partial charge in [-0.3, -0.25) is 0 Å². The van der Waals surface area contributed by atoms with Crippen molar-refractivity contribution in [3.63, 3.8) is 0 Å². The number of hydrogen-bond acceptors (Lipinski definition) is 3. The summed E-state index contributed by atoms with van der Waals surface area (Å²) in [6.07, 6.45) is 4.72. The van der Waals surface area contributed by atoms with E-state index in [0.29, 0.717) is 12.0 Å². The van der Waals surface area contributed by atoms with Crippen LogP contribution in [0.15, 0.2) is 18.3 Å². The number of pyridine rings is 1. The summed E-state index contributed by atoms with van der Waals surface area (Å²) in [5.74, 6) is 2.72. The van der Waals surface area contributed by atoms with Crippen molar-refractivity contribution in [3.8, 4) is 0 Å². The summed E-state index contributed by atoms with van der Waals surface area (Å²) in [5, 5.41) is 3.50. The van der Waals surface area contributed by atoms with E-state index in [2.05, 4.69) is 55.0 Å². The maximum Gasteiger partial charge on any atom is 0.129 e. The fourth-order valence-corrected chi connectivity index (χ4v) is 2.38. The molecule has 1 aromatic rings. The average Bonchev–Trinajstić information content (AvgIpc) is 3.19. The number of hydrogen-bond donors (Lipinski definition) is 1. The van der Waals surface area contributed by atoms with Crippen molar-refractivity contribution in [3.05, 3.63) is 23.9 Å². The lowest BCUT2D eigenvalue weighted by Crippen LogP contribution is -2.33. The fraction of sp³-hybridized carbons (Fsp3) is 0.706. The Morgan fingerprint density at radius 1 is 1.30 bits per heavy atom. The van der Waals surface area contributed by atoms with E-state index in [0.717, 1.165) is 31.4 Å². The molecule has 2 rings (SSSR count). The smallest absolute Gasteiger partial charge is 0.129 e. The third-order valence-electron chi connectivity index (χ3n) is 3.76. The zero-order chi connectivity index (χ0) is 14.5. The number of anilines is 1. The Morgan fingerprint density at radius 2 is 2.05 bits per heavy atom. The van der Waals surface area contributed by atoms with Gasteiger partial charge < -0.3 is 10.2 Å². The molecule has 112 valence electrons. The molecule has 0 amide bonds. The van der Waals surface area contributed by atoms with Crippen LogP contribution in [-0.4, -0.2) is 24.1 Å². The van der Waals surface area contributed by atoms with Gasteiger partial charge >= 0.3 is 0 Å². The first-order chi connectivity index (χ1) is 9.56. The number of aromatic nitrogens is 1. The van der Waals surface area contributed by atoms with Crippen molar-refractivity contribution in [2.75, 3.05) is 18.0 Å². The van der Waals surface area contributed by atoms with Gasteiger partial charge in [0.15, 0.2) is 0 Å². The molecule has 0 atom stereocenters. The molecule has 0 bridgehead atoms. The van der Waals surface area contributed by atoms with Crippen molar-refractivity contribution in [1.29, 1.82) is 0 Å². The Labute approximate surface area is 123 Å². The predicted octanol–water partition coefficient (Wildman–Crippen LogP) is 3.45. The second kappa shape index (κ2) is 7.07. The van der Waals surface area contributed by atoms with Crippen LogP contribution in [-0.2, 0) is 6.54 Å². The van der Waals surface area contributed by atoms with Crippen LogP contribution in [0.2, 0.25) is 0 Å². The van der Waals surface area contributed by atoms with Crippen LogP contribution in [0, 0.1) is 11.8 Å². The molecule has 0 aromatic carbocycles. The monoisotopic (exact) mass is 275 g/mol. The Balaban J connectivity index is 1.98. The number of nitrogens with zero attached hydrogens (tertiary/aromatic N) is 2. The first kappa shape index (κ1) is 15.3. The highest BCUT2D eigenvalue weighted by atomic mass is 15.2. The molecule has 1 heterocycles. The summed E-state index contributed by atoms with van der Waals surface area (Å²) < 4.78 is 0. The minimum atomic E-state index is 0.516. The number of nitrogens with one attached hydrogen (secondary N) is 1. The normalized spacial score (nSPS) is 15.1. The summed E-state index contributed by atoms with van der Waals surface area (Å²) in [4.78, 5) is 7.03. The lowest BCUT2D eigenvalue weighted by molar-refractivity contribution is 0.552. The molecule has 0 unspecified atom stereocenters. The van der Waals surface area contributed by atoms with Gasteiger partial charge in [-0.2, -0.15) is 0 Å². The summed E-state index contributed by atoms with van der Waals surface area (Å²) >= 11 is 0. The molecule has 3 heteroatoms. The van der Waals surface area contributed by atoms with Crippen LogP contribution in [0.3, 0.4) is 0 Å². The molecule has 20 heavy (non-hydrogen) atoms. The molecule has 1 N–H and O–H groups in total. The van der Waals surface area contributed by atoms with Crippen molar-refractivity contribution in [2.45, 2.75) is 53.1 Å². The maximum absolute atomic E-state index is 4.58. The average molecular weight is 275 g/mol. The van der Waals surface area contributed by atoms with Gasteiger partial charge in [0.2, 0.25) is 0 Å². The summed E-state index contributed by atoms with van der Waals surface area (Å²) in [7, 11) is 0. The molecule has 1 aliphatic rings. The van der Waals surface area contributed by atoms with Crippen molar-refractivity contribution in [2.24, 2.45) is 11.8 Å². The van der Waals surface area contributed by atoms with Crippen molar-refractivity contribution in [1.82, 2.24) is 10.3 Å². The topological polar surface area (TPSA) is 28.2 Å². The van der Waals surface area contributed by atoms with Gasteiger partial charge in [0.05, 0.1) is 0 Å². The molecular weight excluding hydrogens is 246 g/mol. The highest BCUT2D eigenvalue weighted by Crippen LogP contribution is 2.31. The lowest BCUT2D eigenvalue weighted by Gasteiger charge is -2.28. The number of rotatable bonds is 8. The van der Waals surface area contributed by atoms with E-state index in [9.17, 15) is 0 Å². The second-order valence-corrected chi connectivity index (χ2v) is 6.74. The minimum Gasteiger partial charge on any atom is -0.354 e. The predicted molar refractivity (Wildman–Crippen MR) is 86.0 cm³/mol. The zero-order valence-electron chi connectivity index (χ0n) is 13.4. The molecule has 0 aliphatic heterocycles. The van der Waals surface area contributed by atoms with Crippen LogP contribution in [0.1, 0.15) is 46.1 Å². The summed E-state index contributed by atoms with van der Waals surface area (Å²) in [6, 6.07) is 4.88. The van der Waals surface area contributed by atoms with E-state index in [-0.39, 0.29) is 0 Å².